The number of aryl methyl sites for hydroxylation is 1. The quantitative estimate of drug-likeness (QED) is 0.767. The van der Waals surface area contributed by atoms with Crippen molar-refractivity contribution in [3.05, 3.63) is 35.3 Å². The summed E-state index contributed by atoms with van der Waals surface area (Å²) >= 11 is 0. The van der Waals surface area contributed by atoms with Crippen LogP contribution in [-0.4, -0.2) is 28.5 Å². The second kappa shape index (κ2) is 6.60. The highest BCUT2D eigenvalue weighted by Gasteiger charge is 2.18. The summed E-state index contributed by atoms with van der Waals surface area (Å²) in [5, 5.41) is 12.5. The maximum absolute atomic E-state index is 13.3. The molecule has 1 aromatic heterocycles. The molecule has 0 spiro atoms. The number of nitrogens with one attached hydrogen (secondary N) is 2. The van der Waals surface area contributed by atoms with Gasteiger partial charge < -0.3 is 15.4 Å². The summed E-state index contributed by atoms with van der Waals surface area (Å²) in [4.78, 5) is 26.0. The first kappa shape index (κ1) is 16.0. The van der Waals surface area contributed by atoms with Crippen LogP contribution in [0.3, 0.4) is 0 Å². The van der Waals surface area contributed by atoms with Gasteiger partial charge in [-0.05, 0) is 37.1 Å². The number of benzene rings is 1. The minimum Gasteiger partial charge on any atom is -0.481 e. The number of H-pyrrole nitrogens is 1. The molecule has 0 saturated heterocycles. The van der Waals surface area contributed by atoms with Gasteiger partial charge in [0, 0.05) is 17.4 Å². The number of hydrogen-bond acceptors (Lipinski definition) is 2. The predicted molar refractivity (Wildman–Crippen MR) is 81.4 cm³/mol. The van der Waals surface area contributed by atoms with Crippen LogP contribution in [0.2, 0.25) is 0 Å². The van der Waals surface area contributed by atoms with E-state index >= 15 is 0 Å². The summed E-state index contributed by atoms with van der Waals surface area (Å²) in [6.45, 7) is 3.74. The van der Waals surface area contributed by atoms with Gasteiger partial charge in [0.15, 0.2) is 0 Å². The van der Waals surface area contributed by atoms with Gasteiger partial charge in [0.25, 0.3) is 5.91 Å². The molecule has 1 aromatic carbocycles. The zero-order valence-electron chi connectivity index (χ0n) is 12.6. The average molecular weight is 306 g/mol. The Morgan fingerprint density at radius 1 is 1.36 bits per heavy atom. The Labute approximate surface area is 127 Å². The minimum absolute atomic E-state index is 0.0741. The maximum Gasteiger partial charge on any atom is 0.308 e. The van der Waals surface area contributed by atoms with E-state index in [1.165, 1.54) is 12.1 Å². The van der Waals surface area contributed by atoms with E-state index in [0.717, 1.165) is 17.4 Å². The van der Waals surface area contributed by atoms with Gasteiger partial charge in [-0.15, -0.1) is 0 Å². The Morgan fingerprint density at radius 3 is 2.73 bits per heavy atom. The SMILES string of the molecule is CCCC(CNC(=O)c1cc2c(C)cc(F)cc2[nH]1)C(=O)O. The molecule has 0 aliphatic rings. The van der Waals surface area contributed by atoms with Crippen molar-refractivity contribution in [3.8, 4) is 0 Å². The highest BCUT2D eigenvalue weighted by Crippen LogP contribution is 2.21. The van der Waals surface area contributed by atoms with Crippen molar-refractivity contribution in [3.63, 3.8) is 0 Å². The monoisotopic (exact) mass is 306 g/mol. The van der Waals surface area contributed by atoms with Gasteiger partial charge in [0.2, 0.25) is 0 Å². The third-order valence-corrected chi connectivity index (χ3v) is 3.65. The number of carboxylic acid groups (broad SMARTS) is 1. The largest absolute Gasteiger partial charge is 0.481 e. The highest BCUT2D eigenvalue weighted by molar-refractivity contribution is 5.99. The second-order valence-electron chi connectivity index (χ2n) is 5.40. The van der Waals surface area contributed by atoms with E-state index < -0.39 is 17.8 Å². The molecule has 0 fully saturated rings. The molecule has 0 saturated carbocycles. The van der Waals surface area contributed by atoms with Crippen molar-refractivity contribution >= 4 is 22.8 Å². The van der Waals surface area contributed by atoms with Crippen LogP contribution in [0.5, 0.6) is 0 Å². The van der Waals surface area contributed by atoms with Crippen LogP contribution in [0.1, 0.15) is 35.8 Å². The standard InChI is InChI=1S/C16H19FN2O3/c1-3-4-10(16(21)22)8-18-15(20)14-7-12-9(2)5-11(17)6-13(12)19-14/h5-7,10,19H,3-4,8H2,1-2H3,(H,18,20)(H,21,22). The summed E-state index contributed by atoms with van der Waals surface area (Å²) in [6.07, 6.45) is 1.24. The van der Waals surface area contributed by atoms with Crippen molar-refractivity contribution in [2.45, 2.75) is 26.7 Å². The van der Waals surface area contributed by atoms with Gasteiger partial charge >= 0.3 is 5.97 Å². The number of carbonyl (C=O) groups excluding carboxylic acids is 1. The first-order valence-electron chi connectivity index (χ1n) is 7.22. The Balaban J connectivity index is 2.13. The fourth-order valence-electron chi connectivity index (χ4n) is 2.47. The van der Waals surface area contributed by atoms with Gasteiger partial charge in [0.1, 0.15) is 11.5 Å². The lowest BCUT2D eigenvalue weighted by Gasteiger charge is -2.11. The normalized spacial score (nSPS) is 12.3. The molecule has 0 radical (unpaired) electrons. The van der Waals surface area contributed by atoms with E-state index in [1.54, 1.807) is 13.0 Å². The summed E-state index contributed by atoms with van der Waals surface area (Å²) in [6, 6.07) is 4.38. The van der Waals surface area contributed by atoms with Crippen molar-refractivity contribution in [1.29, 1.82) is 0 Å². The number of amides is 1. The number of aromatic nitrogens is 1. The zero-order valence-corrected chi connectivity index (χ0v) is 12.6. The molecule has 1 heterocycles. The zero-order chi connectivity index (χ0) is 16.3. The number of aromatic amines is 1. The van der Waals surface area contributed by atoms with Gasteiger partial charge in [-0.2, -0.15) is 0 Å². The molecule has 1 atom stereocenters. The van der Waals surface area contributed by atoms with Crippen molar-refractivity contribution in [2.75, 3.05) is 6.54 Å². The fourth-order valence-corrected chi connectivity index (χ4v) is 2.47. The van der Waals surface area contributed by atoms with E-state index in [0.29, 0.717) is 17.6 Å². The van der Waals surface area contributed by atoms with Crippen molar-refractivity contribution < 1.29 is 19.1 Å². The molecular weight excluding hydrogens is 287 g/mol. The first-order valence-corrected chi connectivity index (χ1v) is 7.22. The van der Waals surface area contributed by atoms with Gasteiger partial charge in [0.05, 0.1) is 5.92 Å². The Hall–Kier alpha value is -2.37. The molecule has 1 amide bonds. The molecule has 3 N–H and O–H groups in total. The lowest BCUT2D eigenvalue weighted by atomic mass is 10.0. The molecule has 0 bridgehead atoms. The number of rotatable bonds is 6. The Kier molecular flexibility index (Phi) is 4.80. The molecule has 2 rings (SSSR count). The van der Waals surface area contributed by atoms with Crippen LogP contribution in [0.25, 0.3) is 10.9 Å². The molecule has 0 aliphatic heterocycles. The Bertz CT molecular complexity index is 709. The molecule has 2 aromatic rings. The number of fused-ring (bicyclic) bond motifs is 1. The van der Waals surface area contributed by atoms with Crippen LogP contribution >= 0.6 is 0 Å². The van der Waals surface area contributed by atoms with Crippen molar-refractivity contribution in [1.82, 2.24) is 10.3 Å². The van der Waals surface area contributed by atoms with Crippen LogP contribution in [0, 0.1) is 18.7 Å². The molecule has 6 heteroatoms. The second-order valence-corrected chi connectivity index (χ2v) is 5.40. The van der Waals surface area contributed by atoms with Gasteiger partial charge in [-0.1, -0.05) is 13.3 Å². The number of hydrogen-bond donors (Lipinski definition) is 3. The molecule has 0 aliphatic carbocycles. The van der Waals surface area contributed by atoms with Gasteiger partial charge in [-0.25, -0.2) is 4.39 Å². The number of aliphatic carboxylic acids is 1. The number of halogens is 1. The summed E-state index contributed by atoms with van der Waals surface area (Å²) in [5.74, 6) is -2.28. The van der Waals surface area contributed by atoms with Crippen LogP contribution in [0.15, 0.2) is 18.2 Å². The van der Waals surface area contributed by atoms with Gasteiger partial charge in [-0.3, -0.25) is 9.59 Å². The average Bonchev–Trinajstić information content (AvgIpc) is 2.87. The van der Waals surface area contributed by atoms with Crippen LogP contribution in [-0.2, 0) is 4.79 Å². The van der Waals surface area contributed by atoms with Crippen LogP contribution in [0.4, 0.5) is 4.39 Å². The van der Waals surface area contributed by atoms with Crippen molar-refractivity contribution in [2.24, 2.45) is 5.92 Å². The number of carbonyl (C=O) groups is 2. The molecule has 118 valence electrons. The highest BCUT2D eigenvalue weighted by atomic mass is 19.1. The number of carboxylic acids is 1. The third kappa shape index (κ3) is 3.44. The third-order valence-electron chi connectivity index (χ3n) is 3.65. The van der Waals surface area contributed by atoms with E-state index in [2.05, 4.69) is 10.3 Å². The fraction of sp³-hybridized carbons (Fsp3) is 0.375. The van der Waals surface area contributed by atoms with E-state index in [-0.39, 0.29) is 12.4 Å². The lowest BCUT2D eigenvalue weighted by molar-refractivity contribution is -0.141. The predicted octanol–water partition coefficient (Wildman–Crippen LogP) is 2.85. The smallest absolute Gasteiger partial charge is 0.308 e. The molecule has 22 heavy (non-hydrogen) atoms. The lowest BCUT2D eigenvalue weighted by Crippen LogP contribution is -2.33. The summed E-state index contributed by atoms with van der Waals surface area (Å²) in [5.41, 5.74) is 1.58. The minimum atomic E-state index is -0.920. The first-order chi connectivity index (χ1) is 10.4. The van der Waals surface area contributed by atoms with Crippen LogP contribution < -0.4 is 5.32 Å². The molecule has 5 nitrogen and oxygen atoms in total. The maximum atomic E-state index is 13.3. The van der Waals surface area contributed by atoms with E-state index in [1.807, 2.05) is 6.92 Å². The van der Waals surface area contributed by atoms with E-state index in [4.69, 9.17) is 5.11 Å². The Morgan fingerprint density at radius 2 is 2.09 bits per heavy atom. The molecular formula is C16H19FN2O3. The summed E-state index contributed by atoms with van der Waals surface area (Å²) in [7, 11) is 0. The summed E-state index contributed by atoms with van der Waals surface area (Å²) < 4.78 is 13.3. The molecule has 1 unspecified atom stereocenters. The topological polar surface area (TPSA) is 82.2 Å². The van der Waals surface area contributed by atoms with E-state index in [9.17, 15) is 14.0 Å².